The lowest BCUT2D eigenvalue weighted by Crippen LogP contribution is -2.37. The van der Waals surface area contributed by atoms with Crippen LogP contribution in [0.15, 0.2) is 45.1 Å². The van der Waals surface area contributed by atoms with E-state index >= 15 is 0 Å². The van der Waals surface area contributed by atoms with Crippen molar-refractivity contribution in [2.75, 3.05) is 5.75 Å². The first-order valence-corrected chi connectivity index (χ1v) is 8.91. The maximum absolute atomic E-state index is 12.7. The largest absolute Gasteiger partial charge is 0.550 e. The third kappa shape index (κ3) is 3.30. The Kier molecular flexibility index (Phi) is 4.99. The molecule has 0 spiro atoms. The molecule has 1 aromatic carbocycles. The minimum absolute atomic E-state index is 0.129. The number of hydrogen-bond donors (Lipinski definition) is 0. The lowest BCUT2D eigenvalue weighted by atomic mass is 10.2. The average molecular weight is 373 g/mol. The van der Waals surface area contributed by atoms with E-state index in [1.165, 1.54) is 23.4 Å². The Morgan fingerprint density at radius 1 is 1.15 bits per heavy atom. The van der Waals surface area contributed by atoms with Gasteiger partial charge in [0.15, 0.2) is 16.3 Å². The molecule has 9 heteroatoms. The van der Waals surface area contributed by atoms with Crippen LogP contribution in [0.1, 0.15) is 12.0 Å². The first-order chi connectivity index (χ1) is 12.4. The van der Waals surface area contributed by atoms with Crippen molar-refractivity contribution in [1.82, 2.24) is 18.7 Å². The van der Waals surface area contributed by atoms with Crippen LogP contribution in [-0.4, -0.2) is 30.4 Å². The molecule has 0 saturated carbocycles. The van der Waals surface area contributed by atoms with Crippen molar-refractivity contribution in [1.29, 1.82) is 0 Å². The first-order valence-electron chi connectivity index (χ1n) is 7.93. The number of benzene rings is 1. The Hall–Kier alpha value is -2.81. The van der Waals surface area contributed by atoms with Crippen LogP contribution in [0.5, 0.6) is 0 Å². The number of hydrogen-bond acceptors (Lipinski definition) is 6. The van der Waals surface area contributed by atoms with Gasteiger partial charge in [0, 0.05) is 25.8 Å². The summed E-state index contributed by atoms with van der Waals surface area (Å²) >= 11 is 1.22. The molecule has 0 atom stereocenters. The summed E-state index contributed by atoms with van der Waals surface area (Å²) in [6, 6.07) is 9.53. The van der Waals surface area contributed by atoms with Crippen LogP contribution in [0.25, 0.3) is 11.2 Å². The number of aromatic nitrogens is 4. The highest BCUT2D eigenvalue weighted by molar-refractivity contribution is 7.99. The van der Waals surface area contributed by atoms with E-state index in [1.54, 1.807) is 11.6 Å². The molecule has 8 nitrogen and oxygen atoms in total. The highest BCUT2D eigenvalue weighted by atomic mass is 32.2. The van der Waals surface area contributed by atoms with Crippen molar-refractivity contribution in [2.45, 2.75) is 18.1 Å². The van der Waals surface area contributed by atoms with E-state index in [9.17, 15) is 19.5 Å². The average Bonchev–Trinajstić information content (AvgIpc) is 2.97. The monoisotopic (exact) mass is 373 g/mol. The number of carbonyl (C=O) groups is 1. The molecule has 0 aliphatic carbocycles. The molecule has 136 valence electrons. The number of carboxylic acid groups (broad SMARTS) is 1. The normalized spacial score (nSPS) is 11.2. The Bertz CT molecular complexity index is 1080. The van der Waals surface area contributed by atoms with E-state index in [0.29, 0.717) is 17.2 Å². The number of nitrogens with zero attached hydrogens (tertiary/aromatic N) is 4. The van der Waals surface area contributed by atoms with Crippen LogP contribution in [0.4, 0.5) is 0 Å². The second kappa shape index (κ2) is 7.20. The number of fused-ring (bicyclic) bond motifs is 1. The number of rotatable bonds is 6. The summed E-state index contributed by atoms with van der Waals surface area (Å²) in [7, 11) is 2.98. The number of thioether (sulfide) groups is 1. The van der Waals surface area contributed by atoms with E-state index in [2.05, 4.69) is 4.98 Å². The van der Waals surface area contributed by atoms with Crippen LogP contribution >= 0.6 is 11.8 Å². The quantitative estimate of drug-likeness (QED) is 0.551. The molecule has 0 saturated heterocycles. The highest BCUT2D eigenvalue weighted by Gasteiger charge is 2.19. The molecule has 0 radical (unpaired) electrons. The minimum atomic E-state index is -1.15. The second-order valence-corrected chi connectivity index (χ2v) is 6.88. The van der Waals surface area contributed by atoms with Crippen molar-refractivity contribution < 1.29 is 9.90 Å². The van der Waals surface area contributed by atoms with Crippen molar-refractivity contribution >= 4 is 28.9 Å². The molecule has 0 aliphatic heterocycles. The minimum Gasteiger partial charge on any atom is -0.550 e. The third-order valence-electron chi connectivity index (χ3n) is 4.03. The molecular formula is C17H17N4O4S-. The highest BCUT2D eigenvalue weighted by Crippen LogP contribution is 2.23. The maximum atomic E-state index is 12.7. The van der Waals surface area contributed by atoms with Crippen molar-refractivity contribution in [2.24, 2.45) is 14.1 Å². The van der Waals surface area contributed by atoms with Gasteiger partial charge in [-0.25, -0.2) is 9.78 Å². The molecule has 0 fully saturated rings. The molecule has 0 aliphatic rings. The summed E-state index contributed by atoms with van der Waals surface area (Å²) in [5, 5.41) is 11.2. The van der Waals surface area contributed by atoms with Crippen LogP contribution in [0.2, 0.25) is 0 Å². The van der Waals surface area contributed by atoms with E-state index < -0.39 is 17.2 Å². The Morgan fingerprint density at radius 3 is 2.50 bits per heavy atom. The molecule has 3 aromatic rings. The zero-order chi connectivity index (χ0) is 18.8. The van der Waals surface area contributed by atoms with Gasteiger partial charge in [0.05, 0.1) is 6.54 Å². The summed E-state index contributed by atoms with van der Waals surface area (Å²) in [6.07, 6.45) is -0.129. The van der Waals surface area contributed by atoms with Gasteiger partial charge in [0.2, 0.25) is 0 Å². The van der Waals surface area contributed by atoms with E-state index in [4.69, 9.17) is 0 Å². The van der Waals surface area contributed by atoms with E-state index in [-0.39, 0.29) is 17.8 Å². The Balaban J connectivity index is 2.18. The molecule has 0 amide bonds. The number of imidazole rings is 1. The van der Waals surface area contributed by atoms with Gasteiger partial charge in [0.25, 0.3) is 5.56 Å². The fraction of sp³-hybridized carbons (Fsp3) is 0.294. The standard InChI is InChI=1S/C17H18N4O4S/c1-19-14-13(15(24)20(2)17(19)25)21(10-11-6-4-3-5-7-11)16(18-14)26-9-8-12(22)23/h3-7H,8-10H2,1-2H3,(H,22,23)/p-1. The van der Waals surface area contributed by atoms with Gasteiger partial charge in [-0.3, -0.25) is 13.9 Å². The van der Waals surface area contributed by atoms with Gasteiger partial charge in [-0.05, 0) is 12.0 Å². The van der Waals surface area contributed by atoms with Crippen molar-refractivity contribution in [3.63, 3.8) is 0 Å². The van der Waals surface area contributed by atoms with Crippen LogP contribution < -0.4 is 16.4 Å². The fourth-order valence-corrected chi connectivity index (χ4v) is 3.59. The Morgan fingerprint density at radius 2 is 1.85 bits per heavy atom. The van der Waals surface area contributed by atoms with Gasteiger partial charge in [-0.2, -0.15) is 0 Å². The van der Waals surface area contributed by atoms with Gasteiger partial charge in [-0.15, -0.1) is 0 Å². The van der Waals surface area contributed by atoms with Crippen molar-refractivity contribution in [3.05, 3.63) is 56.7 Å². The number of carbonyl (C=O) groups excluding carboxylic acids is 1. The topological polar surface area (TPSA) is 102 Å². The zero-order valence-electron chi connectivity index (χ0n) is 14.3. The van der Waals surface area contributed by atoms with Gasteiger partial charge in [0.1, 0.15) is 0 Å². The van der Waals surface area contributed by atoms with Crippen LogP contribution in [-0.2, 0) is 25.4 Å². The predicted molar refractivity (Wildman–Crippen MR) is 96.1 cm³/mol. The summed E-state index contributed by atoms with van der Waals surface area (Å²) in [4.78, 5) is 40.0. The third-order valence-corrected chi connectivity index (χ3v) is 5.01. The van der Waals surface area contributed by atoms with E-state index in [1.807, 2.05) is 30.3 Å². The summed E-state index contributed by atoms with van der Waals surface area (Å²) in [6.45, 7) is 0.387. The second-order valence-electron chi connectivity index (χ2n) is 5.81. The molecule has 2 aromatic heterocycles. The lowest BCUT2D eigenvalue weighted by Gasteiger charge is -2.09. The SMILES string of the molecule is Cn1c(=O)c2c(nc(SCCC(=O)[O-])n2Cc2ccccc2)n(C)c1=O. The molecule has 0 bridgehead atoms. The molecule has 0 unspecified atom stereocenters. The summed E-state index contributed by atoms with van der Waals surface area (Å²) in [5.74, 6) is -0.888. The van der Waals surface area contributed by atoms with E-state index in [0.717, 1.165) is 10.1 Å². The van der Waals surface area contributed by atoms with Crippen LogP contribution in [0, 0.1) is 0 Å². The lowest BCUT2D eigenvalue weighted by molar-refractivity contribution is -0.305. The molecule has 3 rings (SSSR count). The molecular weight excluding hydrogens is 356 g/mol. The van der Waals surface area contributed by atoms with Crippen LogP contribution in [0.3, 0.4) is 0 Å². The first kappa shape index (κ1) is 18.0. The molecule has 2 heterocycles. The number of aryl methyl sites for hydroxylation is 1. The van der Waals surface area contributed by atoms with Gasteiger partial charge >= 0.3 is 5.69 Å². The molecule has 0 N–H and O–H groups in total. The molecule has 26 heavy (non-hydrogen) atoms. The maximum Gasteiger partial charge on any atom is 0.332 e. The smallest absolute Gasteiger partial charge is 0.332 e. The van der Waals surface area contributed by atoms with Crippen molar-refractivity contribution in [3.8, 4) is 0 Å². The van der Waals surface area contributed by atoms with Gasteiger partial charge in [-0.1, -0.05) is 42.1 Å². The number of carboxylic acids is 1. The fourth-order valence-electron chi connectivity index (χ4n) is 2.68. The Labute approximate surface area is 152 Å². The zero-order valence-corrected chi connectivity index (χ0v) is 15.2. The summed E-state index contributed by atoms with van der Waals surface area (Å²) < 4.78 is 4.09. The summed E-state index contributed by atoms with van der Waals surface area (Å²) in [5.41, 5.74) is 0.667. The number of aliphatic carboxylic acids is 1. The predicted octanol–water partition coefficient (Wildman–Crippen LogP) is -0.286. The van der Waals surface area contributed by atoms with Gasteiger partial charge < -0.3 is 14.5 Å².